The standard InChI is InChI=1S/C16H22N4/c1-2-19-10-8-12(11-19)15-18-14-7-4-9-17-16(14)20(15)13-5-3-6-13/h4,7,9,12-13H,2-3,5-6,8,10-11H2,1H3. The molecule has 0 aromatic carbocycles. The Kier molecular flexibility index (Phi) is 2.99. The number of likely N-dealkylation sites (N-methyl/N-ethyl adjacent to an activating group) is 1. The van der Waals surface area contributed by atoms with E-state index in [2.05, 4.69) is 27.4 Å². The van der Waals surface area contributed by atoms with Crippen LogP contribution in [0.25, 0.3) is 11.2 Å². The topological polar surface area (TPSA) is 34.0 Å². The molecule has 106 valence electrons. The Morgan fingerprint density at radius 3 is 2.90 bits per heavy atom. The van der Waals surface area contributed by atoms with Gasteiger partial charge in [-0.3, -0.25) is 0 Å². The van der Waals surface area contributed by atoms with E-state index in [1.54, 1.807) is 0 Å². The van der Waals surface area contributed by atoms with Crippen LogP contribution in [0.15, 0.2) is 18.3 Å². The maximum absolute atomic E-state index is 4.94. The average molecular weight is 270 g/mol. The van der Waals surface area contributed by atoms with Gasteiger partial charge in [0.05, 0.1) is 0 Å². The second kappa shape index (κ2) is 4.85. The molecular weight excluding hydrogens is 248 g/mol. The van der Waals surface area contributed by atoms with E-state index in [9.17, 15) is 0 Å². The quantitative estimate of drug-likeness (QED) is 0.860. The van der Waals surface area contributed by atoms with E-state index >= 15 is 0 Å². The first-order chi connectivity index (χ1) is 9.86. The first-order valence-electron chi connectivity index (χ1n) is 7.92. The molecule has 1 unspecified atom stereocenters. The zero-order chi connectivity index (χ0) is 13.5. The molecule has 0 bridgehead atoms. The van der Waals surface area contributed by atoms with Gasteiger partial charge in [-0.1, -0.05) is 6.92 Å². The third-order valence-corrected chi connectivity index (χ3v) is 5.00. The van der Waals surface area contributed by atoms with Crippen molar-refractivity contribution in [1.82, 2.24) is 19.4 Å². The number of hydrogen-bond acceptors (Lipinski definition) is 3. The highest BCUT2D eigenvalue weighted by Gasteiger charge is 2.31. The fourth-order valence-corrected chi connectivity index (χ4v) is 3.57. The minimum atomic E-state index is 0.588. The van der Waals surface area contributed by atoms with E-state index < -0.39 is 0 Å². The van der Waals surface area contributed by atoms with Crippen molar-refractivity contribution in [3.63, 3.8) is 0 Å². The number of imidazole rings is 1. The summed E-state index contributed by atoms with van der Waals surface area (Å²) in [6, 6.07) is 4.74. The van der Waals surface area contributed by atoms with E-state index in [-0.39, 0.29) is 0 Å². The van der Waals surface area contributed by atoms with Crippen molar-refractivity contribution in [2.45, 2.75) is 44.6 Å². The van der Waals surface area contributed by atoms with Crippen LogP contribution in [0.1, 0.15) is 50.4 Å². The maximum atomic E-state index is 4.94. The van der Waals surface area contributed by atoms with E-state index in [1.165, 1.54) is 38.1 Å². The number of rotatable bonds is 3. The van der Waals surface area contributed by atoms with Gasteiger partial charge >= 0.3 is 0 Å². The van der Waals surface area contributed by atoms with Gasteiger partial charge in [-0.05, 0) is 50.9 Å². The van der Waals surface area contributed by atoms with Crippen molar-refractivity contribution in [2.75, 3.05) is 19.6 Å². The highest BCUT2D eigenvalue weighted by Crippen LogP contribution is 2.38. The highest BCUT2D eigenvalue weighted by molar-refractivity contribution is 5.71. The number of likely N-dealkylation sites (tertiary alicyclic amines) is 1. The van der Waals surface area contributed by atoms with Crippen molar-refractivity contribution in [2.24, 2.45) is 0 Å². The molecule has 1 saturated heterocycles. The third-order valence-electron chi connectivity index (χ3n) is 5.00. The molecule has 2 aliphatic rings. The Balaban J connectivity index is 1.77. The van der Waals surface area contributed by atoms with Crippen molar-refractivity contribution in [3.05, 3.63) is 24.2 Å². The van der Waals surface area contributed by atoms with Gasteiger partial charge in [-0.25, -0.2) is 9.97 Å². The summed E-state index contributed by atoms with van der Waals surface area (Å²) in [5.41, 5.74) is 2.17. The molecule has 1 saturated carbocycles. The van der Waals surface area contributed by atoms with Gasteiger partial charge in [0.15, 0.2) is 5.65 Å². The molecule has 20 heavy (non-hydrogen) atoms. The molecule has 2 aromatic heterocycles. The molecule has 2 fully saturated rings. The zero-order valence-electron chi connectivity index (χ0n) is 12.1. The normalized spacial score (nSPS) is 24.4. The van der Waals surface area contributed by atoms with Crippen LogP contribution in [0, 0.1) is 0 Å². The van der Waals surface area contributed by atoms with E-state index in [1.807, 2.05) is 12.3 Å². The van der Waals surface area contributed by atoms with Crippen LogP contribution in [0.5, 0.6) is 0 Å². The number of nitrogens with zero attached hydrogens (tertiary/aromatic N) is 4. The molecular formula is C16H22N4. The fourth-order valence-electron chi connectivity index (χ4n) is 3.57. The molecule has 0 N–H and O–H groups in total. The summed E-state index contributed by atoms with van der Waals surface area (Å²) >= 11 is 0. The summed E-state index contributed by atoms with van der Waals surface area (Å²) in [5.74, 6) is 1.88. The SMILES string of the molecule is CCN1CCC(c2nc3cccnc3n2C2CCC2)C1. The minimum Gasteiger partial charge on any atom is -0.309 e. The number of pyridine rings is 1. The number of hydrogen-bond donors (Lipinski definition) is 0. The van der Waals surface area contributed by atoms with Crippen LogP contribution < -0.4 is 0 Å². The first kappa shape index (κ1) is 12.3. The van der Waals surface area contributed by atoms with Crippen LogP contribution >= 0.6 is 0 Å². The molecule has 2 aromatic rings. The lowest BCUT2D eigenvalue weighted by molar-refractivity contribution is 0.304. The van der Waals surface area contributed by atoms with Gasteiger partial charge in [0, 0.05) is 24.7 Å². The molecule has 4 nitrogen and oxygen atoms in total. The second-order valence-electron chi connectivity index (χ2n) is 6.15. The van der Waals surface area contributed by atoms with E-state index in [4.69, 9.17) is 4.98 Å². The summed E-state index contributed by atoms with van der Waals surface area (Å²) in [6.45, 7) is 5.77. The second-order valence-corrected chi connectivity index (χ2v) is 6.15. The average Bonchev–Trinajstić information content (AvgIpc) is 3.02. The Morgan fingerprint density at radius 1 is 1.30 bits per heavy atom. The Hall–Kier alpha value is -1.42. The van der Waals surface area contributed by atoms with Crippen LogP contribution in [0.4, 0.5) is 0 Å². The summed E-state index contributed by atoms with van der Waals surface area (Å²) < 4.78 is 2.46. The van der Waals surface area contributed by atoms with Crippen LogP contribution in [0.3, 0.4) is 0 Å². The number of aromatic nitrogens is 3. The van der Waals surface area contributed by atoms with Gasteiger partial charge in [0.25, 0.3) is 0 Å². The van der Waals surface area contributed by atoms with Crippen LogP contribution in [-0.2, 0) is 0 Å². The summed E-state index contributed by atoms with van der Waals surface area (Å²) in [4.78, 5) is 12.1. The summed E-state index contributed by atoms with van der Waals surface area (Å²) in [6.07, 6.45) is 7.07. The van der Waals surface area contributed by atoms with E-state index in [0.717, 1.165) is 24.3 Å². The highest BCUT2D eigenvalue weighted by atomic mass is 15.2. The molecule has 3 heterocycles. The first-order valence-corrected chi connectivity index (χ1v) is 7.92. The monoisotopic (exact) mass is 270 g/mol. The predicted molar refractivity (Wildman–Crippen MR) is 79.9 cm³/mol. The lowest BCUT2D eigenvalue weighted by atomic mass is 9.92. The smallest absolute Gasteiger partial charge is 0.160 e. The fraction of sp³-hybridized carbons (Fsp3) is 0.625. The molecule has 0 amide bonds. The maximum Gasteiger partial charge on any atom is 0.160 e. The zero-order valence-corrected chi connectivity index (χ0v) is 12.1. The van der Waals surface area contributed by atoms with E-state index in [0.29, 0.717) is 12.0 Å². The van der Waals surface area contributed by atoms with Gasteiger partial charge in [-0.2, -0.15) is 0 Å². The lowest BCUT2D eigenvalue weighted by Crippen LogP contribution is -2.23. The lowest BCUT2D eigenvalue weighted by Gasteiger charge is -2.29. The number of fused-ring (bicyclic) bond motifs is 1. The molecule has 4 rings (SSSR count). The predicted octanol–water partition coefficient (Wildman–Crippen LogP) is 2.97. The van der Waals surface area contributed by atoms with Crippen molar-refractivity contribution >= 4 is 11.2 Å². The molecule has 1 aliphatic heterocycles. The third kappa shape index (κ3) is 1.85. The Bertz CT molecular complexity index is 614. The molecule has 0 radical (unpaired) electrons. The molecule has 1 atom stereocenters. The van der Waals surface area contributed by atoms with Crippen molar-refractivity contribution < 1.29 is 0 Å². The Labute approximate surface area is 119 Å². The van der Waals surface area contributed by atoms with Gasteiger partial charge in [0.1, 0.15) is 11.3 Å². The summed E-state index contributed by atoms with van der Waals surface area (Å²) in [5, 5.41) is 0. The van der Waals surface area contributed by atoms with Gasteiger partial charge in [0.2, 0.25) is 0 Å². The van der Waals surface area contributed by atoms with Crippen molar-refractivity contribution in [3.8, 4) is 0 Å². The Morgan fingerprint density at radius 2 is 2.20 bits per heavy atom. The molecule has 1 aliphatic carbocycles. The van der Waals surface area contributed by atoms with Gasteiger partial charge in [-0.15, -0.1) is 0 Å². The largest absolute Gasteiger partial charge is 0.309 e. The van der Waals surface area contributed by atoms with Crippen LogP contribution in [0.2, 0.25) is 0 Å². The molecule has 0 spiro atoms. The van der Waals surface area contributed by atoms with Crippen LogP contribution in [-0.4, -0.2) is 39.1 Å². The van der Waals surface area contributed by atoms with Gasteiger partial charge < -0.3 is 9.47 Å². The molecule has 4 heteroatoms. The minimum absolute atomic E-state index is 0.588. The summed E-state index contributed by atoms with van der Waals surface area (Å²) in [7, 11) is 0. The van der Waals surface area contributed by atoms with Crippen molar-refractivity contribution in [1.29, 1.82) is 0 Å².